The van der Waals surface area contributed by atoms with E-state index in [1.165, 1.54) is 0 Å². The van der Waals surface area contributed by atoms with Crippen LogP contribution in [-0.4, -0.2) is 22.7 Å². The molecule has 106 valence electrons. The summed E-state index contributed by atoms with van der Waals surface area (Å²) in [4.78, 5) is 12.2. The summed E-state index contributed by atoms with van der Waals surface area (Å²) in [6, 6.07) is 7.53. The zero-order chi connectivity index (χ0) is 14.7. The van der Waals surface area contributed by atoms with Crippen LogP contribution < -0.4 is 4.74 Å². The van der Waals surface area contributed by atoms with Gasteiger partial charge in [-0.3, -0.25) is 9.48 Å². The first-order valence-corrected chi connectivity index (χ1v) is 6.72. The van der Waals surface area contributed by atoms with E-state index in [9.17, 15) is 4.79 Å². The Balaban J connectivity index is 2.13. The van der Waals surface area contributed by atoms with Crippen molar-refractivity contribution in [3.63, 3.8) is 0 Å². The molecule has 0 aliphatic heterocycles. The molecule has 0 saturated heterocycles. The molecular formula is C15H17ClN2O2. The first-order valence-electron chi connectivity index (χ1n) is 6.34. The van der Waals surface area contributed by atoms with E-state index in [-0.39, 0.29) is 12.2 Å². The van der Waals surface area contributed by atoms with E-state index < -0.39 is 0 Å². The fourth-order valence-corrected chi connectivity index (χ4v) is 2.44. The molecule has 0 amide bonds. The highest BCUT2D eigenvalue weighted by Crippen LogP contribution is 2.22. The number of rotatable bonds is 5. The van der Waals surface area contributed by atoms with Gasteiger partial charge < -0.3 is 4.74 Å². The van der Waals surface area contributed by atoms with Gasteiger partial charge in [0.05, 0.1) is 12.8 Å². The zero-order valence-electron chi connectivity index (χ0n) is 11.8. The highest BCUT2D eigenvalue weighted by atomic mass is 35.5. The summed E-state index contributed by atoms with van der Waals surface area (Å²) in [5.41, 5.74) is 2.48. The molecule has 0 atom stereocenters. The molecule has 0 radical (unpaired) electrons. The lowest BCUT2D eigenvalue weighted by Crippen LogP contribution is -2.08. The molecule has 0 saturated carbocycles. The third kappa shape index (κ3) is 3.02. The number of halogens is 1. The Hall–Kier alpha value is -1.81. The van der Waals surface area contributed by atoms with Gasteiger partial charge in [0.15, 0.2) is 0 Å². The lowest BCUT2D eigenvalue weighted by molar-refractivity contribution is -0.117. The third-order valence-corrected chi connectivity index (χ3v) is 3.70. The fraction of sp³-hybridized carbons (Fsp3) is 0.333. The Bertz CT molecular complexity index is 635. The second kappa shape index (κ2) is 6.09. The van der Waals surface area contributed by atoms with Crippen molar-refractivity contribution in [2.45, 2.75) is 19.8 Å². The maximum Gasteiger partial charge on any atom is 0.141 e. The first kappa shape index (κ1) is 14.6. The number of carbonyl (C=O) groups excluding carboxylic acids is 1. The molecule has 2 aromatic rings. The SMILES string of the molecule is COc1ccccc1CC(=O)Cc1c(C)nn(C)c1Cl. The monoisotopic (exact) mass is 292 g/mol. The smallest absolute Gasteiger partial charge is 0.141 e. The third-order valence-electron chi connectivity index (χ3n) is 3.22. The summed E-state index contributed by atoms with van der Waals surface area (Å²) in [5, 5.41) is 4.74. The number of aromatic nitrogens is 2. The molecule has 2 rings (SSSR count). The minimum atomic E-state index is 0.0903. The van der Waals surface area contributed by atoms with Gasteiger partial charge in [-0.25, -0.2) is 0 Å². The van der Waals surface area contributed by atoms with Crippen molar-refractivity contribution >= 4 is 17.4 Å². The van der Waals surface area contributed by atoms with E-state index in [0.717, 1.165) is 22.6 Å². The van der Waals surface area contributed by atoms with Gasteiger partial charge in [-0.05, 0) is 13.0 Å². The van der Waals surface area contributed by atoms with Crippen molar-refractivity contribution in [2.24, 2.45) is 7.05 Å². The van der Waals surface area contributed by atoms with Crippen LogP contribution in [0.2, 0.25) is 5.15 Å². The lowest BCUT2D eigenvalue weighted by Gasteiger charge is -2.07. The Morgan fingerprint density at radius 3 is 2.65 bits per heavy atom. The largest absolute Gasteiger partial charge is 0.496 e. The number of nitrogens with zero attached hydrogens (tertiary/aromatic N) is 2. The maximum absolute atomic E-state index is 12.2. The van der Waals surface area contributed by atoms with Crippen molar-refractivity contribution < 1.29 is 9.53 Å². The summed E-state index contributed by atoms with van der Waals surface area (Å²) in [6.07, 6.45) is 0.616. The topological polar surface area (TPSA) is 44.1 Å². The summed E-state index contributed by atoms with van der Waals surface area (Å²) >= 11 is 6.14. The number of hydrogen-bond acceptors (Lipinski definition) is 3. The average Bonchev–Trinajstić information content (AvgIpc) is 2.66. The van der Waals surface area contributed by atoms with Gasteiger partial charge in [0.2, 0.25) is 0 Å². The fourth-order valence-electron chi connectivity index (χ4n) is 2.20. The molecule has 0 spiro atoms. The number of methoxy groups -OCH3 is 1. The summed E-state index contributed by atoms with van der Waals surface area (Å²) < 4.78 is 6.84. The van der Waals surface area contributed by atoms with Crippen molar-refractivity contribution in [2.75, 3.05) is 7.11 Å². The molecular weight excluding hydrogens is 276 g/mol. The van der Waals surface area contributed by atoms with Gasteiger partial charge in [-0.2, -0.15) is 5.10 Å². The molecule has 5 heteroatoms. The van der Waals surface area contributed by atoms with Crippen LogP contribution in [-0.2, 0) is 24.7 Å². The number of para-hydroxylation sites is 1. The standard InChI is InChI=1S/C15H17ClN2O2/c1-10-13(15(16)18(2)17-10)9-12(19)8-11-6-4-5-7-14(11)20-3/h4-7H,8-9H2,1-3H3. The Kier molecular flexibility index (Phi) is 4.45. The van der Waals surface area contributed by atoms with Gasteiger partial charge in [0.25, 0.3) is 0 Å². The van der Waals surface area contributed by atoms with Crippen LogP contribution in [0.5, 0.6) is 5.75 Å². The van der Waals surface area contributed by atoms with Gasteiger partial charge in [0, 0.05) is 31.0 Å². The van der Waals surface area contributed by atoms with Crippen LogP contribution >= 0.6 is 11.6 Å². The van der Waals surface area contributed by atoms with Crippen LogP contribution in [0.3, 0.4) is 0 Å². The highest BCUT2D eigenvalue weighted by molar-refractivity contribution is 6.30. The van der Waals surface area contributed by atoms with Gasteiger partial charge in [-0.1, -0.05) is 29.8 Å². The predicted octanol–water partition coefficient (Wildman–Crippen LogP) is 2.74. The van der Waals surface area contributed by atoms with Gasteiger partial charge >= 0.3 is 0 Å². The summed E-state index contributed by atoms with van der Waals surface area (Å²) in [7, 11) is 3.37. The van der Waals surface area contributed by atoms with E-state index in [0.29, 0.717) is 11.6 Å². The average molecular weight is 293 g/mol. The van der Waals surface area contributed by atoms with E-state index in [1.54, 1.807) is 18.8 Å². The van der Waals surface area contributed by atoms with Crippen molar-refractivity contribution in [1.29, 1.82) is 0 Å². The van der Waals surface area contributed by atoms with Gasteiger partial charge in [-0.15, -0.1) is 0 Å². The Labute approximate surface area is 123 Å². The molecule has 1 aromatic carbocycles. The first-order chi connectivity index (χ1) is 9.52. The van der Waals surface area contributed by atoms with E-state index in [2.05, 4.69) is 5.10 Å². The number of ether oxygens (including phenoxy) is 1. The number of aryl methyl sites for hydroxylation is 2. The van der Waals surface area contributed by atoms with Crippen LogP contribution in [0.15, 0.2) is 24.3 Å². The molecule has 0 aliphatic rings. The molecule has 0 bridgehead atoms. The van der Waals surface area contributed by atoms with Crippen LogP contribution in [0.4, 0.5) is 0 Å². The van der Waals surface area contributed by atoms with E-state index in [4.69, 9.17) is 16.3 Å². The molecule has 20 heavy (non-hydrogen) atoms. The van der Waals surface area contributed by atoms with Crippen LogP contribution in [0.1, 0.15) is 16.8 Å². The summed E-state index contributed by atoms with van der Waals surface area (Å²) in [6.45, 7) is 1.86. The Morgan fingerprint density at radius 2 is 2.05 bits per heavy atom. The van der Waals surface area contributed by atoms with Crippen LogP contribution in [0, 0.1) is 6.92 Å². The van der Waals surface area contributed by atoms with Crippen molar-refractivity contribution in [1.82, 2.24) is 9.78 Å². The normalized spacial score (nSPS) is 10.6. The highest BCUT2D eigenvalue weighted by Gasteiger charge is 2.16. The molecule has 4 nitrogen and oxygen atoms in total. The van der Waals surface area contributed by atoms with E-state index in [1.807, 2.05) is 31.2 Å². The number of ketones is 1. The second-order valence-corrected chi connectivity index (χ2v) is 5.04. The quantitative estimate of drug-likeness (QED) is 0.851. The molecule has 0 aliphatic carbocycles. The second-order valence-electron chi connectivity index (χ2n) is 4.68. The maximum atomic E-state index is 12.2. The van der Waals surface area contributed by atoms with Gasteiger partial charge in [0.1, 0.15) is 16.7 Å². The molecule has 0 unspecified atom stereocenters. The molecule has 0 N–H and O–H groups in total. The van der Waals surface area contributed by atoms with Crippen LogP contribution in [0.25, 0.3) is 0 Å². The van der Waals surface area contributed by atoms with Crippen molar-refractivity contribution in [3.8, 4) is 5.75 Å². The molecule has 1 heterocycles. The zero-order valence-corrected chi connectivity index (χ0v) is 12.6. The molecule has 1 aromatic heterocycles. The number of benzene rings is 1. The summed E-state index contributed by atoms with van der Waals surface area (Å²) in [5.74, 6) is 0.822. The number of carbonyl (C=O) groups is 1. The number of Topliss-reactive ketones (excluding diaryl/α,β-unsaturated/α-hetero) is 1. The predicted molar refractivity (Wildman–Crippen MR) is 78.4 cm³/mol. The lowest BCUT2D eigenvalue weighted by atomic mass is 10.0. The number of hydrogen-bond donors (Lipinski definition) is 0. The minimum absolute atomic E-state index is 0.0903. The minimum Gasteiger partial charge on any atom is -0.496 e. The van der Waals surface area contributed by atoms with Crippen molar-refractivity contribution in [3.05, 3.63) is 46.2 Å². The van der Waals surface area contributed by atoms with E-state index >= 15 is 0 Å². The Morgan fingerprint density at radius 1 is 1.35 bits per heavy atom. The molecule has 0 fully saturated rings.